The minimum absolute atomic E-state index is 0.336. The summed E-state index contributed by atoms with van der Waals surface area (Å²) in [6.45, 7) is 3.20. The lowest BCUT2D eigenvalue weighted by Gasteiger charge is -2.11. The van der Waals surface area contributed by atoms with Crippen LogP contribution in [0.5, 0.6) is 5.88 Å². The van der Waals surface area contributed by atoms with Crippen molar-refractivity contribution < 1.29 is 9.13 Å². The van der Waals surface area contributed by atoms with Crippen LogP contribution in [0.3, 0.4) is 0 Å². The first-order valence-electron chi connectivity index (χ1n) is 7.42. The lowest BCUT2D eigenvalue weighted by atomic mass is 10.1. The summed E-state index contributed by atoms with van der Waals surface area (Å²) in [5.41, 5.74) is 2.73. The van der Waals surface area contributed by atoms with Crippen LogP contribution >= 0.6 is 0 Å². The van der Waals surface area contributed by atoms with E-state index in [2.05, 4.69) is 9.97 Å². The Morgan fingerprint density at radius 2 is 2.04 bits per heavy atom. The van der Waals surface area contributed by atoms with Crippen LogP contribution < -0.4 is 4.74 Å². The molecule has 23 heavy (non-hydrogen) atoms. The van der Waals surface area contributed by atoms with Crippen LogP contribution in [0, 0.1) is 12.7 Å². The largest absolute Gasteiger partial charge is 0.476 e. The van der Waals surface area contributed by atoms with Crippen molar-refractivity contribution in [2.45, 2.75) is 6.92 Å². The molecule has 0 aliphatic carbocycles. The maximum absolute atomic E-state index is 14.2. The number of rotatable bonds is 5. The van der Waals surface area contributed by atoms with Gasteiger partial charge in [0.05, 0.1) is 5.69 Å². The molecule has 5 nitrogen and oxygen atoms in total. The van der Waals surface area contributed by atoms with E-state index in [1.54, 1.807) is 16.8 Å². The molecule has 120 valence electrons. The van der Waals surface area contributed by atoms with Crippen molar-refractivity contribution in [2.24, 2.45) is 0 Å². The van der Waals surface area contributed by atoms with E-state index < -0.39 is 0 Å². The van der Waals surface area contributed by atoms with E-state index >= 15 is 0 Å². The molecule has 0 aromatic carbocycles. The third-order valence-corrected chi connectivity index (χ3v) is 3.48. The van der Waals surface area contributed by atoms with Crippen LogP contribution in [-0.2, 0) is 0 Å². The highest BCUT2D eigenvalue weighted by molar-refractivity contribution is 5.65. The zero-order valence-corrected chi connectivity index (χ0v) is 13.5. The van der Waals surface area contributed by atoms with Gasteiger partial charge >= 0.3 is 0 Å². The number of likely N-dealkylation sites (N-methyl/N-ethyl adjacent to an activating group) is 1. The van der Waals surface area contributed by atoms with Crippen LogP contribution in [0.1, 0.15) is 5.69 Å². The predicted molar refractivity (Wildman–Crippen MR) is 87.2 cm³/mol. The van der Waals surface area contributed by atoms with Gasteiger partial charge in [-0.25, -0.2) is 14.4 Å². The fourth-order valence-corrected chi connectivity index (χ4v) is 2.34. The molecule has 0 atom stereocenters. The summed E-state index contributed by atoms with van der Waals surface area (Å²) in [4.78, 5) is 10.4. The number of aromatic nitrogens is 3. The monoisotopic (exact) mass is 314 g/mol. The molecule has 0 fully saturated rings. The van der Waals surface area contributed by atoms with Crippen molar-refractivity contribution in [1.29, 1.82) is 0 Å². The fraction of sp³-hybridized carbons (Fsp3) is 0.294. The number of halogens is 1. The molecule has 3 aromatic heterocycles. The first-order valence-corrected chi connectivity index (χ1v) is 7.42. The smallest absolute Gasteiger partial charge is 0.213 e. The average Bonchev–Trinajstić information content (AvgIpc) is 2.88. The number of fused-ring (bicyclic) bond motifs is 1. The second-order valence-corrected chi connectivity index (χ2v) is 5.72. The summed E-state index contributed by atoms with van der Waals surface area (Å²) in [5, 5.41) is 0. The molecule has 3 rings (SSSR count). The van der Waals surface area contributed by atoms with Crippen molar-refractivity contribution >= 4 is 5.65 Å². The van der Waals surface area contributed by atoms with Crippen molar-refractivity contribution in [1.82, 2.24) is 19.3 Å². The van der Waals surface area contributed by atoms with Gasteiger partial charge in [-0.15, -0.1) is 0 Å². The van der Waals surface area contributed by atoms with Crippen LogP contribution in [-0.4, -0.2) is 46.5 Å². The molecule has 0 unspecified atom stereocenters. The third-order valence-electron chi connectivity index (χ3n) is 3.48. The minimum atomic E-state index is -0.345. The van der Waals surface area contributed by atoms with E-state index in [4.69, 9.17) is 4.74 Å². The molecule has 0 radical (unpaired) electrons. The zero-order chi connectivity index (χ0) is 16.4. The number of pyridine rings is 2. The highest BCUT2D eigenvalue weighted by Crippen LogP contribution is 2.24. The molecule has 0 aliphatic heterocycles. The highest BCUT2D eigenvalue weighted by Gasteiger charge is 2.09. The van der Waals surface area contributed by atoms with E-state index in [1.165, 1.54) is 6.07 Å². The number of imidazole rings is 1. The maximum Gasteiger partial charge on any atom is 0.213 e. The van der Waals surface area contributed by atoms with Gasteiger partial charge in [-0.05, 0) is 38.7 Å². The fourth-order valence-electron chi connectivity index (χ4n) is 2.34. The maximum atomic E-state index is 14.2. The Balaban J connectivity index is 1.89. The van der Waals surface area contributed by atoms with E-state index in [-0.39, 0.29) is 5.82 Å². The average molecular weight is 314 g/mol. The van der Waals surface area contributed by atoms with Gasteiger partial charge in [0.15, 0.2) is 11.5 Å². The third kappa shape index (κ3) is 3.48. The highest BCUT2D eigenvalue weighted by atomic mass is 19.1. The predicted octanol–water partition coefficient (Wildman–Crippen LogP) is 2.78. The molecule has 0 N–H and O–H groups in total. The second-order valence-electron chi connectivity index (χ2n) is 5.72. The van der Waals surface area contributed by atoms with Crippen molar-refractivity contribution in [3.63, 3.8) is 0 Å². The van der Waals surface area contributed by atoms with Gasteiger partial charge in [-0.2, -0.15) is 0 Å². The van der Waals surface area contributed by atoms with Crippen LogP contribution in [0.25, 0.3) is 16.8 Å². The number of hydrogen-bond acceptors (Lipinski definition) is 4. The van der Waals surface area contributed by atoms with Gasteiger partial charge in [0.2, 0.25) is 5.88 Å². The van der Waals surface area contributed by atoms with Crippen LogP contribution in [0.4, 0.5) is 4.39 Å². The molecular weight excluding hydrogens is 295 g/mol. The summed E-state index contributed by atoms with van der Waals surface area (Å²) < 4.78 is 21.5. The van der Waals surface area contributed by atoms with E-state index in [0.717, 1.165) is 23.4 Å². The molecule has 0 spiro atoms. The standard InChI is InChI=1S/C17H19FN4O/c1-12-10-22-11-14(8-15(18)17(22)20-12)13-4-5-19-16(9-13)23-7-6-21(2)3/h4-5,8-11H,6-7H2,1-3H3. The van der Waals surface area contributed by atoms with Crippen molar-refractivity contribution in [3.8, 4) is 17.0 Å². The zero-order valence-electron chi connectivity index (χ0n) is 13.5. The van der Waals surface area contributed by atoms with Crippen LogP contribution in [0.2, 0.25) is 0 Å². The molecule has 0 bridgehead atoms. The van der Waals surface area contributed by atoms with Gasteiger partial charge < -0.3 is 14.0 Å². The van der Waals surface area contributed by atoms with E-state index in [9.17, 15) is 4.39 Å². The normalized spacial score (nSPS) is 11.3. The second kappa shape index (κ2) is 6.34. The lowest BCUT2D eigenvalue weighted by Crippen LogP contribution is -2.19. The Morgan fingerprint density at radius 1 is 1.22 bits per heavy atom. The van der Waals surface area contributed by atoms with Gasteiger partial charge in [0.1, 0.15) is 6.61 Å². The number of aryl methyl sites for hydroxylation is 1. The topological polar surface area (TPSA) is 42.7 Å². The minimum Gasteiger partial charge on any atom is -0.476 e. The molecule has 0 saturated carbocycles. The van der Waals surface area contributed by atoms with E-state index in [0.29, 0.717) is 18.1 Å². The quantitative estimate of drug-likeness (QED) is 0.726. The molecule has 6 heteroatoms. The Bertz CT molecular complexity index is 829. The Kier molecular flexibility index (Phi) is 4.25. The number of ether oxygens (including phenoxy) is 1. The summed E-state index contributed by atoms with van der Waals surface area (Å²) >= 11 is 0. The molecule has 3 heterocycles. The van der Waals surface area contributed by atoms with Crippen LogP contribution in [0.15, 0.2) is 36.8 Å². The first-order chi connectivity index (χ1) is 11.0. The number of nitrogens with zero attached hydrogens (tertiary/aromatic N) is 4. The van der Waals surface area contributed by atoms with Crippen molar-refractivity contribution in [3.05, 3.63) is 48.3 Å². The summed E-state index contributed by atoms with van der Waals surface area (Å²) in [6.07, 6.45) is 5.33. The molecule has 0 aliphatic rings. The summed E-state index contributed by atoms with van der Waals surface area (Å²) in [6, 6.07) is 5.14. The Hall–Kier alpha value is -2.47. The van der Waals surface area contributed by atoms with Gasteiger partial charge in [0.25, 0.3) is 0 Å². The van der Waals surface area contributed by atoms with E-state index in [1.807, 2.05) is 44.2 Å². The Morgan fingerprint density at radius 3 is 2.83 bits per heavy atom. The van der Waals surface area contributed by atoms with Gasteiger partial charge in [-0.3, -0.25) is 0 Å². The SMILES string of the molecule is Cc1cn2cc(-c3ccnc(OCCN(C)C)c3)cc(F)c2n1. The first kappa shape index (κ1) is 15.4. The molecule has 0 saturated heterocycles. The van der Waals surface area contributed by atoms with Gasteiger partial charge in [-0.1, -0.05) is 0 Å². The Labute approximate surface area is 134 Å². The van der Waals surface area contributed by atoms with Crippen molar-refractivity contribution in [2.75, 3.05) is 27.2 Å². The molecule has 3 aromatic rings. The molecular formula is C17H19FN4O. The summed E-state index contributed by atoms with van der Waals surface area (Å²) in [5.74, 6) is 0.189. The molecule has 0 amide bonds. The summed E-state index contributed by atoms with van der Waals surface area (Å²) in [7, 11) is 3.97. The lowest BCUT2D eigenvalue weighted by molar-refractivity contribution is 0.254. The number of hydrogen-bond donors (Lipinski definition) is 0. The van der Waals surface area contributed by atoms with Gasteiger partial charge in [0, 0.05) is 36.8 Å².